The zero-order chi connectivity index (χ0) is 20.2. The van der Waals surface area contributed by atoms with Crippen LogP contribution in [0.2, 0.25) is 0 Å². The minimum Gasteiger partial charge on any atom is -0.480 e. The molecule has 0 spiro atoms. The Morgan fingerprint density at radius 1 is 1.19 bits per heavy atom. The van der Waals surface area contributed by atoms with Crippen molar-refractivity contribution in [2.24, 2.45) is 5.92 Å². The largest absolute Gasteiger partial charge is 0.480 e. The summed E-state index contributed by atoms with van der Waals surface area (Å²) < 4.78 is 6.57. The summed E-state index contributed by atoms with van der Waals surface area (Å²) in [6.07, 6.45) is 1.69. The number of ether oxygens (including phenoxy) is 1. The predicted octanol–water partition coefficient (Wildman–Crippen LogP) is 2.96. The molecule has 1 saturated heterocycles. The maximum absolute atomic E-state index is 12.3. The zero-order valence-electron chi connectivity index (χ0n) is 16.2. The van der Waals surface area contributed by atoms with Crippen LogP contribution >= 0.6 is 23.5 Å². The molecule has 7 nitrogen and oxygen atoms in total. The maximum Gasteiger partial charge on any atom is 0.407 e. The molecule has 9 heteroatoms. The molecule has 2 aliphatic rings. The monoisotopic (exact) mass is 416 g/mol. The molecule has 152 valence electrons. The lowest BCUT2D eigenvalue weighted by Gasteiger charge is -2.28. The van der Waals surface area contributed by atoms with Gasteiger partial charge in [0.1, 0.15) is 11.6 Å². The van der Waals surface area contributed by atoms with Crippen molar-refractivity contribution in [3.05, 3.63) is 9.81 Å². The van der Waals surface area contributed by atoms with Crippen LogP contribution < -0.4 is 10.6 Å². The summed E-state index contributed by atoms with van der Waals surface area (Å²) in [5, 5.41) is 15.0. The number of carbonyl (C=O) groups excluding carboxylic acids is 2. The van der Waals surface area contributed by atoms with E-state index in [9.17, 15) is 19.5 Å². The molecule has 0 aromatic carbocycles. The van der Waals surface area contributed by atoms with Gasteiger partial charge in [-0.05, 0) is 57.1 Å². The second kappa shape index (κ2) is 9.23. The molecule has 1 heterocycles. The molecule has 0 bridgehead atoms. The van der Waals surface area contributed by atoms with E-state index in [2.05, 4.69) is 10.6 Å². The summed E-state index contributed by atoms with van der Waals surface area (Å²) in [5.74, 6) is 0.176. The lowest BCUT2D eigenvalue weighted by atomic mass is 9.94. The Morgan fingerprint density at radius 3 is 2.33 bits per heavy atom. The minimum absolute atomic E-state index is 0.402. The highest BCUT2D eigenvalue weighted by Gasteiger charge is 2.42. The number of hydrogen-bond acceptors (Lipinski definition) is 6. The average Bonchev–Trinajstić information content (AvgIpc) is 2.94. The van der Waals surface area contributed by atoms with Gasteiger partial charge in [-0.2, -0.15) is 0 Å². The highest BCUT2D eigenvalue weighted by Crippen LogP contribution is 2.44. The number of aliphatic carboxylic acids is 1. The van der Waals surface area contributed by atoms with Crippen molar-refractivity contribution in [3.63, 3.8) is 0 Å². The number of thioether (sulfide) groups is 2. The van der Waals surface area contributed by atoms with E-state index in [1.165, 1.54) is 11.2 Å². The Hall–Kier alpha value is -1.35. The Bertz CT molecular complexity index is 622. The molecule has 2 rings (SSSR count). The topological polar surface area (TPSA) is 105 Å². The second-order valence-electron chi connectivity index (χ2n) is 7.78. The molecule has 1 unspecified atom stereocenters. The molecule has 1 aliphatic heterocycles. The Balaban J connectivity index is 2.23. The number of amides is 2. The van der Waals surface area contributed by atoms with Crippen LogP contribution in [0.4, 0.5) is 4.79 Å². The van der Waals surface area contributed by atoms with Gasteiger partial charge in [0.15, 0.2) is 0 Å². The summed E-state index contributed by atoms with van der Waals surface area (Å²) in [7, 11) is 0. The highest BCUT2D eigenvalue weighted by molar-refractivity contribution is 8.22. The van der Waals surface area contributed by atoms with Crippen LogP contribution in [0.15, 0.2) is 9.81 Å². The molecular formula is C18H28N2O5S2. The number of carboxylic acid groups (broad SMARTS) is 1. The fraction of sp³-hybridized carbons (Fsp3) is 0.722. The third kappa shape index (κ3) is 6.64. The van der Waals surface area contributed by atoms with Gasteiger partial charge in [0.05, 0.1) is 0 Å². The lowest BCUT2D eigenvalue weighted by Crippen LogP contribution is -2.52. The fourth-order valence-electron chi connectivity index (χ4n) is 3.27. The molecule has 0 radical (unpaired) electrons. The Kier molecular flexibility index (Phi) is 7.50. The van der Waals surface area contributed by atoms with Crippen LogP contribution in [0.25, 0.3) is 0 Å². The summed E-state index contributed by atoms with van der Waals surface area (Å²) in [6, 6.07) is -1.46. The van der Waals surface area contributed by atoms with Crippen molar-refractivity contribution >= 4 is 41.5 Å². The van der Waals surface area contributed by atoms with E-state index in [1.807, 2.05) is 0 Å². The van der Waals surface area contributed by atoms with Crippen LogP contribution in [0, 0.1) is 5.92 Å². The van der Waals surface area contributed by atoms with Gasteiger partial charge in [0.25, 0.3) is 0 Å². The maximum atomic E-state index is 12.3. The SMILES string of the molecule is CC(=O)NC(C(=O)O)[C@@H]1CC(=C2SCCCS2)C[C@H]1NC(=O)OC(C)(C)C. The van der Waals surface area contributed by atoms with Gasteiger partial charge in [-0.3, -0.25) is 4.79 Å². The number of alkyl carbamates (subject to hydrolysis) is 1. The van der Waals surface area contributed by atoms with E-state index in [0.717, 1.165) is 23.5 Å². The third-order valence-electron chi connectivity index (χ3n) is 4.26. The van der Waals surface area contributed by atoms with Crippen LogP contribution in [0.3, 0.4) is 0 Å². The Morgan fingerprint density at radius 2 is 1.81 bits per heavy atom. The zero-order valence-corrected chi connectivity index (χ0v) is 17.8. The van der Waals surface area contributed by atoms with Crippen molar-refractivity contribution in [2.75, 3.05) is 11.5 Å². The molecule has 1 saturated carbocycles. The minimum atomic E-state index is -1.10. The van der Waals surface area contributed by atoms with E-state index in [0.29, 0.717) is 12.8 Å². The summed E-state index contributed by atoms with van der Waals surface area (Å²) >= 11 is 3.58. The fourth-order valence-corrected chi connectivity index (χ4v) is 5.97. The molecule has 27 heavy (non-hydrogen) atoms. The number of carboxylic acids is 1. The first-order valence-corrected chi connectivity index (χ1v) is 11.0. The molecule has 2 fully saturated rings. The first-order chi connectivity index (χ1) is 12.6. The van der Waals surface area contributed by atoms with Crippen molar-refractivity contribution in [1.29, 1.82) is 0 Å². The molecule has 0 aromatic rings. The van der Waals surface area contributed by atoms with Crippen molar-refractivity contribution in [2.45, 2.75) is 64.6 Å². The second-order valence-corrected chi connectivity index (χ2v) is 10.3. The van der Waals surface area contributed by atoms with Crippen molar-refractivity contribution in [3.8, 4) is 0 Å². The Labute approximate surface area is 168 Å². The van der Waals surface area contributed by atoms with Crippen molar-refractivity contribution in [1.82, 2.24) is 10.6 Å². The first kappa shape index (κ1) is 21.9. The van der Waals surface area contributed by atoms with E-state index in [4.69, 9.17) is 4.74 Å². The smallest absolute Gasteiger partial charge is 0.407 e. The van der Waals surface area contributed by atoms with Gasteiger partial charge < -0.3 is 20.5 Å². The summed E-state index contributed by atoms with van der Waals surface area (Å²) in [5.41, 5.74) is 0.519. The van der Waals surface area contributed by atoms with Gasteiger partial charge in [0.2, 0.25) is 5.91 Å². The normalized spacial score (nSPS) is 24.3. The van der Waals surface area contributed by atoms with E-state index < -0.39 is 41.6 Å². The molecule has 3 N–H and O–H groups in total. The summed E-state index contributed by atoms with van der Waals surface area (Å²) in [6.45, 7) is 6.63. The predicted molar refractivity (Wildman–Crippen MR) is 108 cm³/mol. The van der Waals surface area contributed by atoms with Crippen LogP contribution in [0.1, 0.15) is 47.0 Å². The van der Waals surface area contributed by atoms with Crippen LogP contribution in [-0.4, -0.2) is 52.3 Å². The molecule has 2 amide bonds. The third-order valence-corrected chi connectivity index (χ3v) is 7.06. The van der Waals surface area contributed by atoms with Gasteiger partial charge in [-0.25, -0.2) is 9.59 Å². The van der Waals surface area contributed by atoms with Gasteiger partial charge >= 0.3 is 12.1 Å². The van der Waals surface area contributed by atoms with Crippen molar-refractivity contribution < 1.29 is 24.2 Å². The summed E-state index contributed by atoms with van der Waals surface area (Å²) in [4.78, 5) is 35.6. The average molecular weight is 417 g/mol. The van der Waals surface area contributed by atoms with Crippen LogP contribution in [-0.2, 0) is 14.3 Å². The lowest BCUT2D eigenvalue weighted by molar-refractivity contribution is -0.143. The molecule has 1 aliphatic carbocycles. The number of rotatable bonds is 4. The van der Waals surface area contributed by atoms with Gasteiger partial charge in [0, 0.05) is 23.1 Å². The molecule has 0 aromatic heterocycles. The molecule has 3 atom stereocenters. The van der Waals surface area contributed by atoms with Crippen LogP contribution in [0.5, 0.6) is 0 Å². The first-order valence-electron chi connectivity index (χ1n) is 9.04. The molecular weight excluding hydrogens is 388 g/mol. The van der Waals surface area contributed by atoms with Gasteiger partial charge in [-0.1, -0.05) is 0 Å². The highest BCUT2D eigenvalue weighted by atomic mass is 32.2. The van der Waals surface area contributed by atoms with Gasteiger partial charge in [-0.15, -0.1) is 23.5 Å². The number of hydrogen-bond donors (Lipinski definition) is 3. The van der Waals surface area contributed by atoms with E-state index >= 15 is 0 Å². The van der Waals surface area contributed by atoms with E-state index in [-0.39, 0.29) is 0 Å². The number of nitrogens with one attached hydrogen (secondary N) is 2. The quantitative estimate of drug-likeness (QED) is 0.647. The van der Waals surface area contributed by atoms with E-state index in [1.54, 1.807) is 44.3 Å². The number of carbonyl (C=O) groups is 3. The standard InChI is InChI=1S/C18H28N2O5S2/c1-10(21)19-14(15(22)23)12-8-11(16-26-6-5-7-27-16)9-13(12)20-17(24)25-18(2,3)4/h12-14H,5-9H2,1-4H3,(H,19,21)(H,20,24)(H,22,23)/t12-,13-,14?/m1/s1.